The maximum atomic E-state index is 14.4. The summed E-state index contributed by atoms with van der Waals surface area (Å²) in [7, 11) is 0. The predicted octanol–water partition coefficient (Wildman–Crippen LogP) is 4.44. The molecule has 0 bridgehead atoms. The van der Waals surface area contributed by atoms with E-state index in [9.17, 15) is 8.78 Å². The molecule has 128 valence electrons. The van der Waals surface area contributed by atoms with Gasteiger partial charge >= 0.3 is 0 Å². The summed E-state index contributed by atoms with van der Waals surface area (Å²) in [5.74, 6) is -0.898. The Kier molecular flexibility index (Phi) is 7.30. The SMILES string of the molecule is CCCCCCCCCOc1ccc(F)c(C2=NCCN2)c1F. The van der Waals surface area contributed by atoms with Gasteiger partial charge in [0.05, 0.1) is 18.7 Å². The number of amidine groups is 1. The van der Waals surface area contributed by atoms with Gasteiger partial charge in [0.1, 0.15) is 11.7 Å². The average Bonchev–Trinajstić information content (AvgIpc) is 3.06. The molecule has 3 nitrogen and oxygen atoms in total. The number of nitrogens with one attached hydrogen (secondary N) is 1. The van der Waals surface area contributed by atoms with Crippen molar-refractivity contribution in [2.75, 3.05) is 19.7 Å². The van der Waals surface area contributed by atoms with Crippen molar-refractivity contribution < 1.29 is 13.5 Å². The fourth-order valence-corrected chi connectivity index (χ4v) is 2.67. The summed E-state index contributed by atoms with van der Waals surface area (Å²) in [6.07, 6.45) is 8.20. The lowest BCUT2D eigenvalue weighted by atomic mass is 10.1. The first-order chi connectivity index (χ1) is 11.2. The fraction of sp³-hybridized carbons (Fsp3) is 0.611. The molecule has 0 saturated heterocycles. The van der Waals surface area contributed by atoms with Crippen LogP contribution < -0.4 is 10.1 Å². The van der Waals surface area contributed by atoms with Crippen LogP contribution in [0.3, 0.4) is 0 Å². The molecule has 1 aromatic rings. The van der Waals surface area contributed by atoms with E-state index in [1.54, 1.807) is 0 Å². The van der Waals surface area contributed by atoms with Crippen LogP contribution in [0.5, 0.6) is 5.75 Å². The summed E-state index contributed by atoms with van der Waals surface area (Å²) in [4.78, 5) is 4.08. The highest BCUT2D eigenvalue weighted by Gasteiger charge is 2.21. The van der Waals surface area contributed by atoms with Gasteiger partial charge < -0.3 is 10.1 Å². The van der Waals surface area contributed by atoms with Crippen molar-refractivity contribution in [1.82, 2.24) is 5.32 Å². The standard InChI is InChI=1S/C18H26F2N2O/c1-2-3-4-5-6-7-8-13-23-15-10-9-14(19)16(17(15)20)18-21-11-12-22-18/h9-10H,2-8,11-13H2,1H3,(H,21,22). The van der Waals surface area contributed by atoms with Crippen LogP contribution in [0, 0.1) is 11.6 Å². The number of halogens is 2. The van der Waals surface area contributed by atoms with Crippen LogP contribution in [0.2, 0.25) is 0 Å². The molecule has 0 aromatic heterocycles. The van der Waals surface area contributed by atoms with E-state index in [0.29, 0.717) is 19.7 Å². The monoisotopic (exact) mass is 324 g/mol. The smallest absolute Gasteiger partial charge is 0.178 e. The van der Waals surface area contributed by atoms with Gasteiger partial charge in [0.25, 0.3) is 0 Å². The zero-order valence-corrected chi connectivity index (χ0v) is 13.8. The molecule has 1 aromatic carbocycles. The molecule has 0 fully saturated rings. The van der Waals surface area contributed by atoms with Crippen molar-refractivity contribution in [1.29, 1.82) is 0 Å². The number of aliphatic imine (C=N–C) groups is 1. The Balaban J connectivity index is 1.80. The van der Waals surface area contributed by atoms with Gasteiger partial charge in [-0.15, -0.1) is 0 Å². The molecule has 0 amide bonds. The maximum absolute atomic E-state index is 14.4. The van der Waals surface area contributed by atoms with E-state index in [0.717, 1.165) is 12.8 Å². The van der Waals surface area contributed by atoms with E-state index in [1.165, 1.54) is 44.2 Å². The van der Waals surface area contributed by atoms with Crippen molar-refractivity contribution in [3.05, 3.63) is 29.3 Å². The first-order valence-corrected chi connectivity index (χ1v) is 8.63. The number of rotatable bonds is 10. The fourth-order valence-electron chi connectivity index (χ4n) is 2.67. The number of unbranched alkanes of at least 4 members (excludes halogenated alkanes) is 6. The minimum absolute atomic E-state index is 0.101. The van der Waals surface area contributed by atoms with Gasteiger partial charge in [-0.3, -0.25) is 4.99 Å². The van der Waals surface area contributed by atoms with E-state index in [2.05, 4.69) is 17.2 Å². The molecule has 0 radical (unpaired) electrons. The molecule has 0 atom stereocenters. The molecule has 0 unspecified atom stereocenters. The molecule has 0 saturated carbocycles. The van der Waals surface area contributed by atoms with Crippen LogP contribution in [0.1, 0.15) is 57.4 Å². The summed E-state index contributed by atoms with van der Waals surface area (Å²) in [6, 6.07) is 2.59. The van der Waals surface area contributed by atoms with Gasteiger partial charge in [0, 0.05) is 6.54 Å². The Morgan fingerprint density at radius 3 is 2.52 bits per heavy atom. The number of ether oxygens (including phenoxy) is 1. The van der Waals surface area contributed by atoms with Crippen molar-refractivity contribution in [3.8, 4) is 5.75 Å². The Hall–Kier alpha value is -1.65. The van der Waals surface area contributed by atoms with Crippen LogP contribution in [-0.4, -0.2) is 25.5 Å². The van der Waals surface area contributed by atoms with E-state index < -0.39 is 11.6 Å². The van der Waals surface area contributed by atoms with Gasteiger partial charge in [0.15, 0.2) is 11.6 Å². The highest BCUT2D eigenvalue weighted by Crippen LogP contribution is 2.24. The minimum Gasteiger partial charge on any atom is -0.490 e. The van der Waals surface area contributed by atoms with Crippen molar-refractivity contribution >= 4 is 5.84 Å². The van der Waals surface area contributed by atoms with Gasteiger partial charge in [-0.05, 0) is 18.6 Å². The Morgan fingerprint density at radius 2 is 1.83 bits per heavy atom. The molecule has 1 aliphatic heterocycles. The first-order valence-electron chi connectivity index (χ1n) is 8.63. The van der Waals surface area contributed by atoms with Crippen LogP contribution in [0.4, 0.5) is 8.78 Å². The summed E-state index contributed by atoms with van der Waals surface area (Å²) >= 11 is 0. The molecular weight excluding hydrogens is 298 g/mol. The lowest BCUT2D eigenvalue weighted by Crippen LogP contribution is -2.22. The van der Waals surface area contributed by atoms with E-state index in [4.69, 9.17) is 4.74 Å². The summed E-state index contributed by atoms with van der Waals surface area (Å²) in [5.41, 5.74) is -0.112. The zero-order chi connectivity index (χ0) is 16.5. The number of nitrogens with zero attached hydrogens (tertiary/aromatic N) is 1. The van der Waals surface area contributed by atoms with Gasteiger partial charge in [0.2, 0.25) is 0 Å². The molecule has 23 heavy (non-hydrogen) atoms. The third-order valence-electron chi connectivity index (χ3n) is 3.97. The molecular formula is C18H26F2N2O. The highest BCUT2D eigenvalue weighted by molar-refractivity contribution is 6.00. The second-order valence-electron chi connectivity index (χ2n) is 5.86. The summed E-state index contributed by atoms with van der Waals surface area (Å²) in [6.45, 7) is 3.80. The van der Waals surface area contributed by atoms with E-state index in [1.807, 2.05) is 0 Å². The lowest BCUT2D eigenvalue weighted by Gasteiger charge is -2.11. The highest BCUT2D eigenvalue weighted by atomic mass is 19.1. The predicted molar refractivity (Wildman–Crippen MR) is 89.3 cm³/mol. The Morgan fingerprint density at radius 1 is 1.09 bits per heavy atom. The van der Waals surface area contributed by atoms with E-state index in [-0.39, 0.29) is 17.1 Å². The summed E-state index contributed by atoms with van der Waals surface area (Å²) < 4.78 is 33.8. The zero-order valence-electron chi connectivity index (χ0n) is 13.8. The second-order valence-corrected chi connectivity index (χ2v) is 5.86. The van der Waals surface area contributed by atoms with Crippen molar-refractivity contribution in [2.24, 2.45) is 4.99 Å². The molecule has 1 aliphatic rings. The third-order valence-corrected chi connectivity index (χ3v) is 3.97. The topological polar surface area (TPSA) is 33.6 Å². The van der Waals surface area contributed by atoms with Crippen LogP contribution >= 0.6 is 0 Å². The maximum Gasteiger partial charge on any atom is 0.178 e. The van der Waals surface area contributed by atoms with Crippen LogP contribution in [0.15, 0.2) is 17.1 Å². The second kappa shape index (κ2) is 9.48. The van der Waals surface area contributed by atoms with Gasteiger partial charge in [-0.1, -0.05) is 45.4 Å². The Labute approximate surface area is 137 Å². The molecule has 5 heteroatoms. The quantitative estimate of drug-likeness (QED) is 0.645. The average molecular weight is 324 g/mol. The van der Waals surface area contributed by atoms with E-state index >= 15 is 0 Å². The van der Waals surface area contributed by atoms with Crippen LogP contribution in [0.25, 0.3) is 0 Å². The molecule has 1 N–H and O–H groups in total. The largest absolute Gasteiger partial charge is 0.490 e. The van der Waals surface area contributed by atoms with Crippen molar-refractivity contribution in [3.63, 3.8) is 0 Å². The number of hydrogen-bond donors (Lipinski definition) is 1. The normalized spacial score (nSPS) is 13.8. The van der Waals surface area contributed by atoms with Crippen LogP contribution in [-0.2, 0) is 0 Å². The first kappa shape index (κ1) is 17.7. The lowest BCUT2D eigenvalue weighted by molar-refractivity contribution is 0.289. The molecule has 0 spiro atoms. The van der Waals surface area contributed by atoms with Gasteiger partial charge in [-0.2, -0.15) is 0 Å². The molecule has 2 rings (SSSR count). The number of benzene rings is 1. The third kappa shape index (κ3) is 5.19. The number of hydrogen-bond acceptors (Lipinski definition) is 3. The Bertz CT molecular complexity index is 532. The summed E-state index contributed by atoms with van der Waals surface area (Å²) in [5, 5.41) is 2.90. The van der Waals surface area contributed by atoms with Crippen molar-refractivity contribution in [2.45, 2.75) is 51.9 Å². The van der Waals surface area contributed by atoms with Gasteiger partial charge in [-0.25, -0.2) is 8.78 Å². The molecule has 1 heterocycles. The minimum atomic E-state index is -0.666. The molecule has 0 aliphatic carbocycles.